The van der Waals surface area contributed by atoms with E-state index in [-0.39, 0.29) is 0 Å². The lowest BCUT2D eigenvalue weighted by atomic mass is 9.91. The van der Waals surface area contributed by atoms with Crippen molar-refractivity contribution < 1.29 is 9.90 Å². The summed E-state index contributed by atoms with van der Waals surface area (Å²) < 4.78 is 0. The fourth-order valence-corrected chi connectivity index (χ4v) is 2.07. The van der Waals surface area contributed by atoms with Crippen LogP contribution in [-0.4, -0.2) is 11.1 Å². The Labute approximate surface area is 106 Å². The molecule has 2 heteroatoms. The molecule has 1 N–H and O–H groups in total. The van der Waals surface area contributed by atoms with E-state index in [1.807, 2.05) is 19.9 Å². The molecule has 0 aliphatic carbocycles. The van der Waals surface area contributed by atoms with Gasteiger partial charge in [0, 0.05) is 5.57 Å². The van der Waals surface area contributed by atoms with Gasteiger partial charge in [0.05, 0.1) is 0 Å². The highest BCUT2D eigenvalue weighted by Gasteiger charge is 2.12. The van der Waals surface area contributed by atoms with Crippen molar-refractivity contribution in [3.63, 3.8) is 0 Å². The Balaban J connectivity index is 4.23. The molecule has 0 spiro atoms. The minimum Gasteiger partial charge on any atom is -0.478 e. The molecular formula is C15H28O2. The van der Waals surface area contributed by atoms with Gasteiger partial charge in [-0.1, -0.05) is 59.5 Å². The van der Waals surface area contributed by atoms with Crippen LogP contribution in [0.4, 0.5) is 0 Å². The molecule has 0 bridgehead atoms. The highest BCUT2D eigenvalue weighted by Crippen LogP contribution is 2.21. The van der Waals surface area contributed by atoms with Crippen LogP contribution in [0, 0.1) is 11.8 Å². The van der Waals surface area contributed by atoms with Crippen molar-refractivity contribution in [2.45, 2.75) is 66.2 Å². The zero-order chi connectivity index (χ0) is 13.3. The maximum atomic E-state index is 11.1. The largest absolute Gasteiger partial charge is 0.478 e. The van der Waals surface area contributed by atoms with Gasteiger partial charge in [-0.25, -0.2) is 4.79 Å². The number of rotatable bonds is 9. The van der Waals surface area contributed by atoms with Crippen LogP contribution in [0.1, 0.15) is 66.2 Å². The molecule has 1 unspecified atom stereocenters. The molecule has 0 aromatic rings. The molecule has 0 radical (unpaired) electrons. The number of unbranched alkanes of at least 4 members (excludes halogenated alkanes) is 1. The van der Waals surface area contributed by atoms with Gasteiger partial charge in [0.15, 0.2) is 0 Å². The third-order valence-electron chi connectivity index (χ3n) is 3.17. The van der Waals surface area contributed by atoms with E-state index in [0.29, 0.717) is 17.4 Å². The van der Waals surface area contributed by atoms with Crippen molar-refractivity contribution in [3.05, 3.63) is 11.6 Å². The third kappa shape index (κ3) is 8.00. The maximum Gasteiger partial charge on any atom is 0.331 e. The van der Waals surface area contributed by atoms with Crippen LogP contribution in [0.2, 0.25) is 0 Å². The average molecular weight is 240 g/mol. The van der Waals surface area contributed by atoms with E-state index in [0.717, 1.165) is 19.3 Å². The molecule has 1 atom stereocenters. The van der Waals surface area contributed by atoms with Crippen LogP contribution in [-0.2, 0) is 4.79 Å². The molecule has 0 amide bonds. The SMILES string of the molecule is CCCCC(CC)CCC(=CC(C)C)C(=O)O. The van der Waals surface area contributed by atoms with Crippen molar-refractivity contribution in [2.75, 3.05) is 0 Å². The summed E-state index contributed by atoms with van der Waals surface area (Å²) in [6.45, 7) is 8.45. The molecule has 0 aromatic carbocycles. The first-order valence-corrected chi connectivity index (χ1v) is 6.95. The van der Waals surface area contributed by atoms with Crippen LogP contribution in [0.15, 0.2) is 11.6 Å². The molecule has 0 heterocycles. The number of aliphatic carboxylic acids is 1. The first kappa shape index (κ1) is 16.2. The molecule has 0 fully saturated rings. The van der Waals surface area contributed by atoms with Crippen molar-refractivity contribution in [1.29, 1.82) is 0 Å². The smallest absolute Gasteiger partial charge is 0.331 e. The number of hydrogen-bond donors (Lipinski definition) is 1. The lowest BCUT2D eigenvalue weighted by Gasteiger charge is -2.14. The Hall–Kier alpha value is -0.790. The fourth-order valence-electron chi connectivity index (χ4n) is 2.07. The summed E-state index contributed by atoms with van der Waals surface area (Å²) in [5.74, 6) is 0.255. The summed E-state index contributed by atoms with van der Waals surface area (Å²) >= 11 is 0. The van der Waals surface area contributed by atoms with Crippen LogP contribution < -0.4 is 0 Å². The number of carboxylic acid groups (broad SMARTS) is 1. The summed E-state index contributed by atoms with van der Waals surface area (Å²) in [6, 6.07) is 0. The predicted octanol–water partition coefficient (Wildman–Crippen LogP) is 4.65. The van der Waals surface area contributed by atoms with Crippen LogP contribution in [0.5, 0.6) is 0 Å². The molecule has 17 heavy (non-hydrogen) atoms. The number of carbonyl (C=O) groups is 1. The molecule has 100 valence electrons. The van der Waals surface area contributed by atoms with E-state index in [4.69, 9.17) is 5.11 Å². The van der Waals surface area contributed by atoms with Crippen LogP contribution >= 0.6 is 0 Å². The average Bonchev–Trinajstić information content (AvgIpc) is 2.26. The van der Waals surface area contributed by atoms with Crippen LogP contribution in [0.3, 0.4) is 0 Å². The lowest BCUT2D eigenvalue weighted by molar-refractivity contribution is -0.132. The number of hydrogen-bond acceptors (Lipinski definition) is 1. The van der Waals surface area contributed by atoms with Crippen molar-refractivity contribution in [1.82, 2.24) is 0 Å². The number of carboxylic acids is 1. The van der Waals surface area contributed by atoms with E-state index in [1.165, 1.54) is 19.3 Å². The summed E-state index contributed by atoms with van der Waals surface area (Å²) in [5, 5.41) is 9.12. The van der Waals surface area contributed by atoms with Gasteiger partial charge < -0.3 is 5.11 Å². The highest BCUT2D eigenvalue weighted by atomic mass is 16.4. The highest BCUT2D eigenvalue weighted by molar-refractivity contribution is 5.86. The van der Waals surface area contributed by atoms with E-state index >= 15 is 0 Å². The van der Waals surface area contributed by atoms with E-state index in [1.54, 1.807) is 0 Å². The molecule has 0 aliphatic rings. The Kier molecular flexibility index (Phi) is 8.83. The van der Waals surface area contributed by atoms with Gasteiger partial charge in [0.2, 0.25) is 0 Å². The normalized spacial score (nSPS) is 14.1. The zero-order valence-electron chi connectivity index (χ0n) is 11.8. The Morgan fingerprint density at radius 1 is 1.24 bits per heavy atom. The summed E-state index contributed by atoms with van der Waals surface area (Å²) in [5.41, 5.74) is 0.593. The Morgan fingerprint density at radius 2 is 1.88 bits per heavy atom. The minimum absolute atomic E-state index is 0.316. The van der Waals surface area contributed by atoms with Gasteiger partial charge in [-0.15, -0.1) is 0 Å². The summed E-state index contributed by atoms with van der Waals surface area (Å²) in [4.78, 5) is 11.1. The zero-order valence-corrected chi connectivity index (χ0v) is 11.8. The summed E-state index contributed by atoms with van der Waals surface area (Å²) in [7, 11) is 0. The Bertz CT molecular complexity index is 241. The topological polar surface area (TPSA) is 37.3 Å². The maximum absolute atomic E-state index is 11.1. The lowest BCUT2D eigenvalue weighted by Crippen LogP contribution is -2.06. The monoisotopic (exact) mass is 240 g/mol. The second-order valence-corrected chi connectivity index (χ2v) is 5.20. The van der Waals surface area contributed by atoms with E-state index in [2.05, 4.69) is 13.8 Å². The minimum atomic E-state index is -0.746. The molecule has 0 saturated heterocycles. The first-order chi connectivity index (χ1) is 8.01. The van der Waals surface area contributed by atoms with Gasteiger partial charge in [-0.3, -0.25) is 0 Å². The standard InChI is InChI=1S/C15H28O2/c1-5-7-8-13(6-2)9-10-14(15(16)17)11-12(3)4/h11-13H,5-10H2,1-4H3,(H,16,17). The molecular weight excluding hydrogens is 212 g/mol. The predicted molar refractivity (Wildman–Crippen MR) is 73.1 cm³/mol. The van der Waals surface area contributed by atoms with Gasteiger partial charge in [0.1, 0.15) is 0 Å². The second-order valence-electron chi connectivity index (χ2n) is 5.20. The van der Waals surface area contributed by atoms with Crippen LogP contribution in [0.25, 0.3) is 0 Å². The van der Waals surface area contributed by atoms with Crippen molar-refractivity contribution in [3.8, 4) is 0 Å². The third-order valence-corrected chi connectivity index (χ3v) is 3.17. The quantitative estimate of drug-likeness (QED) is 0.596. The first-order valence-electron chi connectivity index (χ1n) is 6.95. The number of allylic oxidation sites excluding steroid dienone is 1. The second kappa shape index (κ2) is 9.26. The fraction of sp³-hybridized carbons (Fsp3) is 0.800. The Morgan fingerprint density at radius 3 is 2.29 bits per heavy atom. The molecule has 0 aliphatic heterocycles. The van der Waals surface area contributed by atoms with Gasteiger partial charge >= 0.3 is 5.97 Å². The molecule has 2 nitrogen and oxygen atoms in total. The van der Waals surface area contributed by atoms with E-state index in [9.17, 15) is 4.79 Å². The van der Waals surface area contributed by atoms with Gasteiger partial charge in [-0.05, 0) is 24.7 Å². The van der Waals surface area contributed by atoms with Gasteiger partial charge in [0.25, 0.3) is 0 Å². The summed E-state index contributed by atoms with van der Waals surface area (Å²) in [6.07, 6.45) is 8.50. The van der Waals surface area contributed by atoms with E-state index < -0.39 is 5.97 Å². The molecule has 0 saturated carbocycles. The van der Waals surface area contributed by atoms with Crippen molar-refractivity contribution in [2.24, 2.45) is 11.8 Å². The molecule has 0 rings (SSSR count). The molecule has 0 aromatic heterocycles. The van der Waals surface area contributed by atoms with Gasteiger partial charge in [-0.2, -0.15) is 0 Å². The van der Waals surface area contributed by atoms with Crippen molar-refractivity contribution >= 4 is 5.97 Å².